The number of hydrogen-bond acceptors (Lipinski definition) is 5. The number of carbonyl (C=O) groups is 3. The molecule has 0 fully saturated rings. The molecule has 1 aromatic heterocycles. The number of nitrogens with zero attached hydrogens (tertiary/aromatic N) is 3. The largest absolute Gasteiger partial charge is 0.389 e. The van der Waals surface area contributed by atoms with E-state index < -0.39 is 73.8 Å². The van der Waals surface area contributed by atoms with Crippen LogP contribution in [0.4, 0.5) is 37.7 Å². The first-order chi connectivity index (χ1) is 20.7. The first-order valence-corrected chi connectivity index (χ1v) is 13.4. The van der Waals surface area contributed by atoms with Crippen molar-refractivity contribution in [2.45, 2.75) is 44.2 Å². The molecule has 3 aromatic rings. The van der Waals surface area contributed by atoms with E-state index in [1.807, 2.05) is 0 Å². The quantitative estimate of drug-likeness (QED) is 0.294. The number of aromatic nitrogens is 1. The number of rotatable bonds is 10. The second-order valence-electron chi connectivity index (χ2n) is 10.1. The number of nitrogens with one attached hydrogen (secondary N) is 1. The average molecular weight is 620 g/mol. The number of fused-ring (bicyclic) bond motifs is 1. The van der Waals surface area contributed by atoms with Gasteiger partial charge in [0.1, 0.15) is 0 Å². The normalized spacial score (nSPS) is 16.8. The van der Waals surface area contributed by atoms with Gasteiger partial charge < -0.3 is 11.1 Å². The third-order valence-electron chi connectivity index (χ3n) is 7.01. The van der Waals surface area contributed by atoms with Crippen LogP contribution in [0.2, 0.25) is 0 Å². The number of carbonyl (C=O) groups excluding carboxylic acids is 3. The Balaban J connectivity index is 1.80. The monoisotopic (exact) mass is 619 g/mol. The Bertz CT molecular complexity index is 1510. The second-order valence-corrected chi connectivity index (χ2v) is 10.1. The summed E-state index contributed by atoms with van der Waals surface area (Å²) in [6.07, 6.45) is -13.6. The van der Waals surface area contributed by atoms with Crippen molar-refractivity contribution in [2.75, 3.05) is 4.90 Å². The van der Waals surface area contributed by atoms with Gasteiger partial charge in [0.05, 0.1) is 23.3 Å². The van der Waals surface area contributed by atoms with E-state index in [4.69, 9.17) is 5.73 Å². The van der Waals surface area contributed by atoms with Gasteiger partial charge in [0, 0.05) is 42.0 Å². The number of hydrogen-bond donors (Lipinski definition) is 2. The molecule has 2 unspecified atom stereocenters. The summed E-state index contributed by atoms with van der Waals surface area (Å²) in [5, 5.41) is 2.32. The highest BCUT2D eigenvalue weighted by Gasteiger charge is 2.41. The topological polar surface area (TPSA) is 118 Å². The molecule has 44 heavy (non-hydrogen) atoms. The fraction of sp³-hybridized carbons (Fsp3) is 0.300. The number of benzodiazepines with no additional fused rings is 1. The van der Waals surface area contributed by atoms with E-state index in [1.165, 1.54) is 17.3 Å². The van der Waals surface area contributed by atoms with Gasteiger partial charge in [-0.15, -0.1) is 0 Å². The van der Waals surface area contributed by atoms with Crippen LogP contribution < -0.4 is 16.0 Å². The van der Waals surface area contributed by atoms with Crippen LogP contribution in [0.3, 0.4) is 0 Å². The molecule has 4 rings (SSSR count). The zero-order valence-electron chi connectivity index (χ0n) is 23.0. The number of benzene rings is 2. The standard InChI is InChI=1S/C30H27F6N5O3/c31-29(32,33)14-12-20(25(37)42)21(13-15-30(34,35)36)27(43)40-26-28(44)41(19-9-6-16-38-17-19)23-11-5-4-10-22(23)24(39-26)18-7-2-1-3-8-18/h1-11,16-17,20-21,26H,12-15H2,(H2,37,42)(H,40,43)/t20?,21?,26-/m1/s1. The molecule has 3 atom stereocenters. The van der Waals surface area contributed by atoms with Gasteiger partial charge >= 0.3 is 12.4 Å². The summed E-state index contributed by atoms with van der Waals surface area (Å²) < 4.78 is 78.7. The van der Waals surface area contributed by atoms with E-state index in [0.29, 0.717) is 16.8 Å². The highest BCUT2D eigenvalue weighted by molar-refractivity contribution is 6.21. The maximum Gasteiger partial charge on any atom is 0.389 e. The molecule has 3 N–H and O–H groups in total. The molecule has 2 aromatic carbocycles. The molecule has 232 valence electrons. The minimum absolute atomic E-state index is 0.251. The lowest BCUT2D eigenvalue weighted by Crippen LogP contribution is -2.50. The van der Waals surface area contributed by atoms with E-state index in [0.717, 1.165) is 0 Å². The zero-order valence-corrected chi connectivity index (χ0v) is 23.0. The summed E-state index contributed by atoms with van der Waals surface area (Å²) in [5.74, 6) is -7.31. The van der Waals surface area contributed by atoms with Crippen molar-refractivity contribution in [1.29, 1.82) is 0 Å². The Morgan fingerprint density at radius 1 is 0.864 bits per heavy atom. The van der Waals surface area contributed by atoms with Gasteiger partial charge in [-0.3, -0.25) is 24.3 Å². The molecule has 1 aliphatic heterocycles. The predicted octanol–water partition coefficient (Wildman–Crippen LogP) is 5.44. The first-order valence-electron chi connectivity index (χ1n) is 13.4. The molecular weight excluding hydrogens is 592 g/mol. The lowest BCUT2D eigenvalue weighted by atomic mass is 9.83. The number of primary amides is 1. The van der Waals surface area contributed by atoms with E-state index >= 15 is 0 Å². The zero-order chi connectivity index (χ0) is 32.1. The Morgan fingerprint density at radius 3 is 2.07 bits per heavy atom. The minimum atomic E-state index is -4.79. The summed E-state index contributed by atoms with van der Waals surface area (Å²) in [5.41, 5.74) is 7.21. The summed E-state index contributed by atoms with van der Waals surface area (Å²) in [4.78, 5) is 49.7. The van der Waals surface area contributed by atoms with E-state index in [2.05, 4.69) is 15.3 Å². The van der Waals surface area contributed by atoms with Gasteiger partial charge in [0.25, 0.3) is 5.91 Å². The van der Waals surface area contributed by atoms with Crippen molar-refractivity contribution in [1.82, 2.24) is 10.3 Å². The van der Waals surface area contributed by atoms with E-state index in [-0.39, 0.29) is 11.4 Å². The predicted molar refractivity (Wildman–Crippen MR) is 149 cm³/mol. The summed E-state index contributed by atoms with van der Waals surface area (Å²) in [7, 11) is 0. The Kier molecular flexibility index (Phi) is 9.70. The summed E-state index contributed by atoms with van der Waals surface area (Å²) >= 11 is 0. The highest BCUT2D eigenvalue weighted by atomic mass is 19.4. The molecule has 8 nitrogen and oxygen atoms in total. The van der Waals surface area contributed by atoms with E-state index in [9.17, 15) is 40.7 Å². The number of pyridine rings is 1. The Morgan fingerprint density at radius 2 is 1.48 bits per heavy atom. The van der Waals surface area contributed by atoms with Crippen LogP contribution in [0.5, 0.6) is 0 Å². The molecule has 0 saturated carbocycles. The lowest BCUT2D eigenvalue weighted by molar-refractivity contribution is -0.152. The molecular formula is C30H27F6N5O3. The molecule has 3 amide bonds. The van der Waals surface area contributed by atoms with Gasteiger partial charge in [0.2, 0.25) is 18.0 Å². The van der Waals surface area contributed by atoms with Crippen LogP contribution in [0.15, 0.2) is 84.1 Å². The SMILES string of the molecule is NC(=O)C(CCC(F)(F)F)C(CCC(F)(F)F)C(=O)N[C@H]1N=C(c2ccccc2)c2ccccc2N(c2cccnc2)C1=O. The van der Waals surface area contributed by atoms with Crippen LogP contribution in [0, 0.1) is 11.8 Å². The number of anilines is 2. The molecule has 14 heteroatoms. The van der Waals surface area contributed by atoms with Crippen molar-refractivity contribution >= 4 is 34.8 Å². The van der Waals surface area contributed by atoms with Gasteiger partial charge in [-0.25, -0.2) is 4.99 Å². The number of nitrogens with two attached hydrogens (primary N) is 1. The maximum atomic E-state index is 14.1. The number of para-hydroxylation sites is 1. The van der Waals surface area contributed by atoms with Crippen LogP contribution in [-0.4, -0.2) is 46.9 Å². The summed E-state index contributed by atoms with van der Waals surface area (Å²) in [6, 6.07) is 18.4. The fourth-order valence-electron chi connectivity index (χ4n) is 4.97. The molecule has 2 heterocycles. The van der Waals surface area contributed by atoms with Gasteiger partial charge in [0.15, 0.2) is 0 Å². The van der Waals surface area contributed by atoms with Crippen LogP contribution in [0.25, 0.3) is 0 Å². The molecule has 0 saturated heterocycles. The lowest BCUT2D eigenvalue weighted by Gasteiger charge is -2.28. The Hall–Kier alpha value is -4.75. The third kappa shape index (κ3) is 7.99. The second kappa shape index (κ2) is 13.3. The van der Waals surface area contributed by atoms with Crippen molar-refractivity contribution < 1.29 is 40.7 Å². The summed E-state index contributed by atoms with van der Waals surface area (Å²) in [6.45, 7) is 0. The number of aliphatic imine (C=N–C) groups is 1. The van der Waals surface area contributed by atoms with Gasteiger partial charge in [-0.1, -0.05) is 48.5 Å². The van der Waals surface area contributed by atoms with Crippen molar-refractivity contribution in [3.63, 3.8) is 0 Å². The molecule has 0 aliphatic carbocycles. The van der Waals surface area contributed by atoms with Crippen LogP contribution in [-0.2, 0) is 14.4 Å². The van der Waals surface area contributed by atoms with Crippen LogP contribution in [0.1, 0.15) is 36.8 Å². The first kappa shape index (κ1) is 32.2. The molecule has 0 bridgehead atoms. The smallest absolute Gasteiger partial charge is 0.369 e. The fourth-order valence-corrected chi connectivity index (χ4v) is 4.97. The highest BCUT2D eigenvalue weighted by Crippen LogP contribution is 2.35. The number of halogens is 6. The molecule has 1 aliphatic rings. The van der Waals surface area contributed by atoms with Crippen molar-refractivity contribution in [2.24, 2.45) is 22.6 Å². The van der Waals surface area contributed by atoms with Crippen LogP contribution >= 0.6 is 0 Å². The van der Waals surface area contributed by atoms with Crippen molar-refractivity contribution in [3.8, 4) is 0 Å². The Labute approximate surface area is 248 Å². The van der Waals surface area contributed by atoms with Crippen molar-refractivity contribution in [3.05, 3.63) is 90.3 Å². The van der Waals surface area contributed by atoms with E-state index in [1.54, 1.807) is 66.7 Å². The number of amides is 3. The third-order valence-corrected chi connectivity index (χ3v) is 7.01. The number of alkyl halides is 6. The molecule has 0 radical (unpaired) electrons. The minimum Gasteiger partial charge on any atom is -0.369 e. The van der Waals surface area contributed by atoms with Gasteiger partial charge in [-0.2, -0.15) is 26.3 Å². The average Bonchev–Trinajstić information content (AvgIpc) is 3.08. The van der Waals surface area contributed by atoms with Gasteiger partial charge in [-0.05, 0) is 31.0 Å². The maximum absolute atomic E-state index is 14.1. The molecule has 0 spiro atoms.